The number of nitrogens with zero attached hydrogens (tertiary/aromatic N) is 1. The van der Waals surface area contributed by atoms with E-state index in [4.69, 9.17) is 5.11 Å². The van der Waals surface area contributed by atoms with Crippen LogP contribution < -0.4 is 10.6 Å². The molecular formula is C29H40BrN3O4. The summed E-state index contributed by atoms with van der Waals surface area (Å²) < 4.78 is 0.898. The van der Waals surface area contributed by atoms with Gasteiger partial charge in [0.2, 0.25) is 0 Å². The van der Waals surface area contributed by atoms with Gasteiger partial charge >= 0.3 is 12.0 Å². The summed E-state index contributed by atoms with van der Waals surface area (Å²) in [5.74, 6) is -0.626. The van der Waals surface area contributed by atoms with Crippen LogP contribution in [0, 0.1) is 11.3 Å². The minimum Gasteiger partial charge on any atom is -0.481 e. The van der Waals surface area contributed by atoms with Gasteiger partial charge in [-0.05, 0) is 72.9 Å². The predicted octanol–water partition coefficient (Wildman–Crippen LogP) is 6.93. The standard InChI is InChI=1S/C28H36BrN3O4.CH4/c1-28(2,3)21-11-13-24(14-12-21)32(27(36)31-23-6-4-5-22(29)17-23)18-19-7-9-20(10-8-19)26(35)30-16-15-25(33)34;/h4-10,17,21,24H,11-16,18H2,1-3H3,(H,30,35)(H,31,36)(H,33,34);1H4. The summed E-state index contributed by atoms with van der Waals surface area (Å²) in [5, 5.41) is 14.4. The van der Waals surface area contributed by atoms with Crippen LogP contribution in [-0.2, 0) is 11.3 Å². The summed E-state index contributed by atoms with van der Waals surface area (Å²) in [6.45, 7) is 7.38. The first-order chi connectivity index (χ1) is 17.0. The van der Waals surface area contributed by atoms with Crippen LogP contribution in [0.1, 0.15) is 76.2 Å². The number of amides is 3. The molecule has 1 aliphatic carbocycles. The number of halogens is 1. The van der Waals surface area contributed by atoms with Gasteiger partial charge in [-0.1, -0.05) is 62.3 Å². The molecule has 0 aliphatic heterocycles. The van der Waals surface area contributed by atoms with E-state index in [1.165, 1.54) is 0 Å². The summed E-state index contributed by atoms with van der Waals surface area (Å²) >= 11 is 3.46. The molecule has 2 aromatic carbocycles. The monoisotopic (exact) mass is 573 g/mol. The average Bonchev–Trinajstić information content (AvgIpc) is 2.82. The van der Waals surface area contributed by atoms with Gasteiger partial charge in [-0.25, -0.2) is 4.79 Å². The second-order valence-corrected chi connectivity index (χ2v) is 11.5. The molecule has 0 saturated heterocycles. The lowest BCUT2D eigenvalue weighted by atomic mass is 9.71. The molecule has 1 fully saturated rings. The largest absolute Gasteiger partial charge is 0.481 e. The van der Waals surface area contributed by atoms with Gasteiger partial charge in [-0.3, -0.25) is 9.59 Å². The maximum absolute atomic E-state index is 13.4. The lowest BCUT2D eigenvalue weighted by molar-refractivity contribution is -0.136. The van der Waals surface area contributed by atoms with E-state index in [9.17, 15) is 14.4 Å². The van der Waals surface area contributed by atoms with Crippen molar-refractivity contribution < 1.29 is 19.5 Å². The van der Waals surface area contributed by atoms with Gasteiger partial charge in [0.25, 0.3) is 5.91 Å². The van der Waals surface area contributed by atoms with Crippen molar-refractivity contribution in [3.05, 3.63) is 64.1 Å². The number of carboxylic acid groups (broad SMARTS) is 1. The molecule has 1 saturated carbocycles. The van der Waals surface area contributed by atoms with Crippen molar-refractivity contribution in [2.75, 3.05) is 11.9 Å². The molecule has 0 aromatic heterocycles. The van der Waals surface area contributed by atoms with E-state index in [0.29, 0.717) is 18.0 Å². The average molecular weight is 575 g/mol. The number of carbonyl (C=O) groups is 3. The Bertz CT molecular complexity index is 1060. The lowest BCUT2D eigenvalue weighted by Crippen LogP contribution is -2.45. The summed E-state index contributed by atoms with van der Waals surface area (Å²) in [5.41, 5.74) is 2.38. The molecular weight excluding hydrogens is 534 g/mol. The molecule has 3 N–H and O–H groups in total. The van der Waals surface area contributed by atoms with Crippen molar-refractivity contribution in [2.45, 2.75) is 72.9 Å². The molecule has 1 aliphatic rings. The minimum absolute atomic E-state index is 0. The molecule has 202 valence electrons. The Morgan fingerprint density at radius 3 is 2.24 bits per heavy atom. The summed E-state index contributed by atoms with van der Waals surface area (Å²) in [4.78, 5) is 38.3. The second-order valence-electron chi connectivity index (χ2n) is 10.5. The highest BCUT2D eigenvalue weighted by atomic mass is 79.9. The highest BCUT2D eigenvalue weighted by Gasteiger charge is 2.33. The summed E-state index contributed by atoms with van der Waals surface area (Å²) in [6, 6.07) is 14.7. The van der Waals surface area contributed by atoms with Crippen LogP contribution in [0.3, 0.4) is 0 Å². The first kappa shape index (κ1) is 30.4. The number of rotatable bonds is 8. The molecule has 3 amide bonds. The number of hydrogen-bond acceptors (Lipinski definition) is 3. The lowest BCUT2D eigenvalue weighted by Gasteiger charge is -2.41. The molecule has 37 heavy (non-hydrogen) atoms. The number of carbonyl (C=O) groups excluding carboxylic acids is 2. The van der Waals surface area contributed by atoms with Crippen LogP contribution >= 0.6 is 15.9 Å². The van der Waals surface area contributed by atoms with Crippen molar-refractivity contribution in [3.63, 3.8) is 0 Å². The predicted molar refractivity (Wildman–Crippen MR) is 152 cm³/mol. The maximum Gasteiger partial charge on any atom is 0.322 e. The smallest absolute Gasteiger partial charge is 0.322 e. The van der Waals surface area contributed by atoms with E-state index >= 15 is 0 Å². The normalized spacial score (nSPS) is 17.3. The van der Waals surface area contributed by atoms with Gasteiger partial charge in [-0.15, -0.1) is 0 Å². The van der Waals surface area contributed by atoms with Crippen LogP contribution in [0.2, 0.25) is 0 Å². The Kier molecular flexibility index (Phi) is 11.2. The fourth-order valence-corrected chi connectivity index (χ4v) is 5.12. The summed E-state index contributed by atoms with van der Waals surface area (Å²) in [7, 11) is 0. The van der Waals surface area contributed by atoms with E-state index in [-0.39, 0.29) is 43.8 Å². The fraction of sp³-hybridized carbons (Fsp3) is 0.483. The van der Waals surface area contributed by atoms with Crippen LogP contribution in [0.25, 0.3) is 0 Å². The topological polar surface area (TPSA) is 98.7 Å². The van der Waals surface area contributed by atoms with Gasteiger partial charge in [-0.2, -0.15) is 0 Å². The van der Waals surface area contributed by atoms with E-state index < -0.39 is 5.97 Å². The second kappa shape index (κ2) is 13.6. The number of nitrogens with one attached hydrogen (secondary N) is 2. The molecule has 3 rings (SSSR count). The highest BCUT2D eigenvalue weighted by Crippen LogP contribution is 2.39. The number of carboxylic acids is 1. The molecule has 0 spiro atoms. The Hall–Kier alpha value is -2.87. The molecule has 0 radical (unpaired) electrons. The van der Waals surface area contributed by atoms with E-state index in [1.807, 2.05) is 41.3 Å². The van der Waals surface area contributed by atoms with Crippen LogP contribution in [0.5, 0.6) is 0 Å². The molecule has 0 heterocycles. The third kappa shape index (κ3) is 9.18. The summed E-state index contributed by atoms with van der Waals surface area (Å²) in [6.07, 6.45) is 3.97. The van der Waals surface area contributed by atoms with Gasteiger partial charge in [0.15, 0.2) is 0 Å². The first-order valence-corrected chi connectivity index (χ1v) is 13.2. The van der Waals surface area contributed by atoms with Crippen molar-refractivity contribution in [2.24, 2.45) is 11.3 Å². The van der Waals surface area contributed by atoms with Gasteiger partial charge in [0, 0.05) is 34.9 Å². The third-order valence-corrected chi connectivity index (χ3v) is 7.39. The number of anilines is 1. The van der Waals surface area contributed by atoms with Crippen LogP contribution in [0.4, 0.5) is 10.5 Å². The van der Waals surface area contributed by atoms with E-state index in [0.717, 1.165) is 41.4 Å². The zero-order valence-corrected chi connectivity index (χ0v) is 22.8. The Morgan fingerprint density at radius 2 is 1.68 bits per heavy atom. The Balaban J connectivity index is 0.00000481. The van der Waals surface area contributed by atoms with Gasteiger partial charge in [0.05, 0.1) is 6.42 Å². The highest BCUT2D eigenvalue weighted by molar-refractivity contribution is 9.10. The quantitative estimate of drug-likeness (QED) is 0.319. The molecule has 0 unspecified atom stereocenters. The number of aliphatic carboxylic acids is 1. The van der Waals surface area contributed by atoms with Gasteiger partial charge < -0.3 is 20.6 Å². The number of hydrogen-bond donors (Lipinski definition) is 3. The zero-order valence-electron chi connectivity index (χ0n) is 21.2. The number of urea groups is 1. The minimum atomic E-state index is -0.955. The molecule has 8 heteroatoms. The third-order valence-electron chi connectivity index (χ3n) is 6.89. The maximum atomic E-state index is 13.4. The van der Waals surface area contributed by atoms with E-state index in [1.54, 1.807) is 12.1 Å². The number of benzene rings is 2. The van der Waals surface area contributed by atoms with Gasteiger partial charge in [0.1, 0.15) is 0 Å². The van der Waals surface area contributed by atoms with Crippen molar-refractivity contribution in [3.8, 4) is 0 Å². The molecule has 2 aromatic rings. The van der Waals surface area contributed by atoms with Crippen LogP contribution in [0.15, 0.2) is 53.0 Å². The molecule has 0 bridgehead atoms. The van der Waals surface area contributed by atoms with Crippen molar-refractivity contribution in [1.82, 2.24) is 10.2 Å². The fourth-order valence-electron chi connectivity index (χ4n) is 4.73. The zero-order chi connectivity index (χ0) is 26.3. The van der Waals surface area contributed by atoms with Crippen molar-refractivity contribution >= 4 is 39.5 Å². The molecule has 0 atom stereocenters. The Morgan fingerprint density at radius 1 is 1.03 bits per heavy atom. The first-order valence-electron chi connectivity index (χ1n) is 12.4. The SMILES string of the molecule is C.CC(C)(C)C1CCC(N(Cc2ccc(C(=O)NCCC(=O)O)cc2)C(=O)Nc2cccc(Br)c2)CC1. The van der Waals surface area contributed by atoms with E-state index in [2.05, 4.69) is 47.3 Å². The van der Waals surface area contributed by atoms with Crippen LogP contribution in [-0.4, -0.2) is 40.5 Å². The molecule has 7 nitrogen and oxygen atoms in total. The van der Waals surface area contributed by atoms with Crippen molar-refractivity contribution in [1.29, 1.82) is 0 Å². The Labute approximate surface area is 229 Å².